The quantitative estimate of drug-likeness (QED) is 0.850. The number of rotatable bonds is 2. The van der Waals surface area contributed by atoms with E-state index in [4.69, 9.17) is 11.6 Å². The van der Waals surface area contributed by atoms with Crippen molar-refractivity contribution in [3.05, 3.63) is 21.6 Å². The molecule has 0 aliphatic carbocycles. The van der Waals surface area contributed by atoms with E-state index >= 15 is 0 Å². The molecule has 1 fully saturated rings. The smallest absolute Gasteiger partial charge is 0.285 e. The number of nitrogens with one attached hydrogen (secondary N) is 2. The molecule has 1 saturated heterocycles. The number of halogens is 1. The summed E-state index contributed by atoms with van der Waals surface area (Å²) in [4.78, 5) is 11.3. The van der Waals surface area contributed by atoms with Gasteiger partial charge in [-0.05, 0) is 26.7 Å². The zero-order valence-electron chi connectivity index (χ0n) is 10.0. The monoisotopic (exact) mass is 256 g/mol. The lowest BCUT2D eigenvalue weighted by molar-refractivity contribution is 0.135. The first-order valence-corrected chi connectivity index (χ1v) is 6.25. The molecule has 0 spiro atoms. The molecule has 0 aromatic carbocycles. The van der Waals surface area contributed by atoms with Crippen LogP contribution < -0.4 is 11.0 Å². The van der Waals surface area contributed by atoms with Gasteiger partial charge in [-0.2, -0.15) is 5.10 Å². The van der Waals surface area contributed by atoms with Crippen molar-refractivity contribution in [2.45, 2.75) is 45.2 Å². The SMILES string of the molecule is CC1CCCC(C)N1Nc1cn[nH]c(=O)c1Cl. The van der Waals surface area contributed by atoms with Crippen LogP contribution in [-0.4, -0.2) is 27.3 Å². The van der Waals surface area contributed by atoms with Crippen molar-refractivity contribution in [1.82, 2.24) is 15.2 Å². The number of aromatic amines is 1. The number of hydrazine groups is 1. The van der Waals surface area contributed by atoms with Crippen molar-refractivity contribution in [1.29, 1.82) is 0 Å². The van der Waals surface area contributed by atoms with Gasteiger partial charge in [-0.15, -0.1) is 0 Å². The second kappa shape index (κ2) is 5.06. The Morgan fingerprint density at radius 3 is 2.76 bits per heavy atom. The third kappa shape index (κ3) is 2.61. The van der Waals surface area contributed by atoms with Gasteiger partial charge in [0.15, 0.2) is 0 Å². The van der Waals surface area contributed by atoms with Crippen LogP contribution >= 0.6 is 11.6 Å². The summed E-state index contributed by atoms with van der Waals surface area (Å²) in [6.07, 6.45) is 5.07. The Morgan fingerprint density at radius 1 is 1.47 bits per heavy atom. The average molecular weight is 257 g/mol. The minimum absolute atomic E-state index is 0.157. The molecule has 2 unspecified atom stereocenters. The Bertz CT molecular complexity index is 437. The number of H-pyrrole nitrogens is 1. The summed E-state index contributed by atoms with van der Waals surface area (Å²) in [6.45, 7) is 4.33. The maximum atomic E-state index is 11.3. The highest BCUT2D eigenvalue weighted by molar-refractivity contribution is 6.32. The Kier molecular flexibility index (Phi) is 3.69. The van der Waals surface area contributed by atoms with Gasteiger partial charge in [-0.1, -0.05) is 18.0 Å². The molecule has 2 heterocycles. The van der Waals surface area contributed by atoms with Crippen LogP contribution in [0, 0.1) is 0 Å². The third-order valence-corrected chi connectivity index (χ3v) is 3.61. The lowest BCUT2D eigenvalue weighted by Crippen LogP contribution is -2.47. The van der Waals surface area contributed by atoms with E-state index in [1.165, 1.54) is 12.6 Å². The molecule has 94 valence electrons. The van der Waals surface area contributed by atoms with Crippen LogP contribution in [0.3, 0.4) is 0 Å². The highest BCUT2D eigenvalue weighted by Crippen LogP contribution is 2.24. The van der Waals surface area contributed by atoms with E-state index in [1.807, 2.05) is 0 Å². The lowest BCUT2D eigenvalue weighted by Gasteiger charge is -2.39. The van der Waals surface area contributed by atoms with E-state index in [1.54, 1.807) is 0 Å². The van der Waals surface area contributed by atoms with E-state index in [0.29, 0.717) is 17.8 Å². The van der Waals surface area contributed by atoms with Gasteiger partial charge in [0.1, 0.15) is 5.02 Å². The van der Waals surface area contributed by atoms with Crippen molar-refractivity contribution in [2.75, 3.05) is 5.43 Å². The summed E-state index contributed by atoms with van der Waals surface area (Å²) >= 11 is 5.93. The third-order valence-electron chi connectivity index (χ3n) is 3.24. The fraction of sp³-hybridized carbons (Fsp3) is 0.636. The molecular weight excluding hydrogens is 240 g/mol. The van der Waals surface area contributed by atoms with Crippen LogP contribution in [-0.2, 0) is 0 Å². The zero-order chi connectivity index (χ0) is 12.4. The zero-order valence-corrected chi connectivity index (χ0v) is 10.8. The number of aromatic nitrogens is 2. The Hall–Kier alpha value is -1.07. The van der Waals surface area contributed by atoms with Crippen LogP contribution in [0.4, 0.5) is 5.69 Å². The second-order valence-corrected chi connectivity index (χ2v) is 4.95. The molecule has 1 aliphatic rings. The minimum Gasteiger partial charge on any atom is -0.315 e. The molecule has 2 N–H and O–H groups in total. The molecule has 0 saturated carbocycles. The van der Waals surface area contributed by atoms with E-state index in [0.717, 1.165) is 12.8 Å². The predicted molar refractivity (Wildman–Crippen MR) is 68.1 cm³/mol. The van der Waals surface area contributed by atoms with E-state index in [9.17, 15) is 4.79 Å². The molecule has 2 atom stereocenters. The molecule has 1 aromatic heterocycles. The number of hydrogen-bond donors (Lipinski definition) is 2. The first-order valence-electron chi connectivity index (χ1n) is 5.87. The summed E-state index contributed by atoms with van der Waals surface area (Å²) in [5.41, 5.74) is 3.41. The van der Waals surface area contributed by atoms with Gasteiger partial charge in [0.25, 0.3) is 5.56 Å². The van der Waals surface area contributed by atoms with Crippen molar-refractivity contribution in [3.63, 3.8) is 0 Å². The second-order valence-electron chi connectivity index (χ2n) is 4.57. The summed E-state index contributed by atoms with van der Waals surface area (Å²) in [6, 6.07) is 0.850. The molecule has 0 amide bonds. The highest BCUT2D eigenvalue weighted by atomic mass is 35.5. The summed E-state index contributed by atoms with van der Waals surface area (Å²) in [5.74, 6) is 0. The topological polar surface area (TPSA) is 61.0 Å². The molecule has 2 rings (SSSR count). The maximum Gasteiger partial charge on any atom is 0.285 e. The van der Waals surface area contributed by atoms with Gasteiger partial charge < -0.3 is 5.43 Å². The standard InChI is InChI=1S/C11H17ClN4O/c1-7-4-3-5-8(2)16(7)15-9-6-13-14-11(17)10(9)12/h6-8H,3-5H2,1-2H3,(H2,14,15,17). The predicted octanol–water partition coefficient (Wildman–Crippen LogP) is 2.01. The maximum absolute atomic E-state index is 11.3. The van der Waals surface area contributed by atoms with Crippen LogP contribution in [0.25, 0.3) is 0 Å². The number of hydrogen-bond acceptors (Lipinski definition) is 4. The highest BCUT2D eigenvalue weighted by Gasteiger charge is 2.25. The molecule has 1 aliphatic heterocycles. The minimum atomic E-state index is -0.367. The van der Waals surface area contributed by atoms with E-state index in [-0.39, 0.29) is 10.6 Å². The molecule has 17 heavy (non-hydrogen) atoms. The van der Waals surface area contributed by atoms with Gasteiger partial charge in [0.2, 0.25) is 0 Å². The van der Waals surface area contributed by atoms with Gasteiger partial charge in [-0.3, -0.25) is 4.79 Å². The number of anilines is 1. The normalized spacial score (nSPS) is 25.8. The van der Waals surface area contributed by atoms with Crippen LogP contribution in [0.2, 0.25) is 5.02 Å². The first kappa shape index (κ1) is 12.4. The molecule has 6 heteroatoms. The van der Waals surface area contributed by atoms with Crippen LogP contribution in [0.5, 0.6) is 0 Å². The Labute approximate surface area is 105 Å². The van der Waals surface area contributed by atoms with Gasteiger partial charge in [0, 0.05) is 12.1 Å². The Balaban J connectivity index is 2.19. The molecular formula is C11H17ClN4O. The number of piperidine rings is 1. The fourth-order valence-corrected chi connectivity index (χ4v) is 2.38. The van der Waals surface area contributed by atoms with Gasteiger partial charge >= 0.3 is 0 Å². The number of nitrogens with zero attached hydrogens (tertiary/aromatic N) is 2. The van der Waals surface area contributed by atoms with Crippen molar-refractivity contribution >= 4 is 17.3 Å². The lowest BCUT2D eigenvalue weighted by atomic mass is 10.00. The Morgan fingerprint density at radius 2 is 2.12 bits per heavy atom. The van der Waals surface area contributed by atoms with Crippen molar-refractivity contribution < 1.29 is 0 Å². The molecule has 0 radical (unpaired) electrons. The molecule has 0 bridgehead atoms. The van der Waals surface area contributed by atoms with Crippen LogP contribution in [0.1, 0.15) is 33.1 Å². The molecule has 5 nitrogen and oxygen atoms in total. The average Bonchev–Trinajstić information content (AvgIpc) is 2.29. The first-order chi connectivity index (χ1) is 8.09. The van der Waals surface area contributed by atoms with Crippen molar-refractivity contribution in [2.24, 2.45) is 0 Å². The van der Waals surface area contributed by atoms with Gasteiger partial charge in [-0.25, -0.2) is 10.1 Å². The van der Waals surface area contributed by atoms with E-state index < -0.39 is 0 Å². The molecule has 1 aromatic rings. The van der Waals surface area contributed by atoms with E-state index in [2.05, 4.69) is 34.5 Å². The van der Waals surface area contributed by atoms with Crippen LogP contribution in [0.15, 0.2) is 11.0 Å². The fourth-order valence-electron chi connectivity index (χ4n) is 2.24. The summed E-state index contributed by atoms with van der Waals surface area (Å²) < 4.78 is 0. The largest absolute Gasteiger partial charge is 0.315 e. The van der Waals surface area contributed by atoms with Crippen molar-refractivity contribution in [3.8, 4) is 0 Å². The summed E-state index contributed by atoms with van der Waals surface area (Å²) in [5, 5.41) is 8.36. The summed E-state index contributed by atoms with van der Waals surface area (Å²) in [7, 11) is 0. The van der Waals surface area contributed by atoms with Gasteiger partial charge in [0.05, 0.1) is 11.9 Å².